The van der Waals surface area contributed by atoms with Crippen molar-refractivity contribution in [1.29, 1.82) is 0 Å². The minimum Gasteiger partial charge on any atom is -0.417 e. The van der Waals surface area contributed by atoms with Crippen molar-refractivity contribution in [3.8, 4) is 0 Å². The van der Waals surface area contributed by atoms with E-state index in [1.807, 2.05) is 0 Å². The van der Waals surface area contributed by atoms with E-state index < -0.39 is 19.7 Å². The van der Waals surface area contributed by atoms with Crippen LogP contribution in [-0.4, -0.2) is 20.8 Å². The predicted molar refractivity (Wildman–Crippen MR) is 49.4 cm³/mol. The highest BCUT2D eigenvalue weighted by Gasteiger charge is 2.83. The summed E-state index contributed by atoms with van der Waals surface area (Å²) in [6.45, 7) is 6.83. The minimum atomic E-state index is -2.36. The highest BCUT2D eigenvalue weighted by Crippen LogP contribution is 2.79. The molecular weight excluding hydrogens is 190 g/mol. The molecule has 13 heavy (non-hydrogen) atoms. The number of rotatable bonds is 3. The van der Waals surface area contributed by atoms with Gasteiger partial charge in [-0.2, -0.15) is 0 Å². The van der Waals surface area contributed by atoms with Crippen LogP contribution < -0.4 is 0 Å². The Bertz CT molecular complexity index is 236. The van der Waals surface area contributed by atoms with Gasteiger partial charge in [-0.25, -0.2) is 8.78 Å². The third-order valence-electron chi connectivity index (χ3n) is 3.09. The summed E-state index contributed by atoms with van der Waals surface area (Å²) in [5, 5.41) is 0. The van der Waals surface area contributed by atoms with Crippen LogP contribution in [0.1, 0.15) is 12.8 Å². The lowest BCUT2D eigenvalue weighted by Gasteiger charge is -2.16. The topological polar surface area (TPSA) is 9.23 Å². The summed E-state index contributed by atoms with van der Waals surface area (Å²) in [5.41, 5.74) is -0.605. The number of halogens is 2. The van der Waals surface area contributed by atoms with Crippen molar-refractivity contribution >= 4 is 8.32 Å². The zero-order valence-electron chi connectivity index (χ0n) is 8.36. The third kappa shape index (κ3) is 1.54. The van der Waals surface area contributed by atoms with E-state index in [0.29, 0.717) is 13.0 Å². The largest absolute Gasteiger partial charge is 0.417 e. The Labute approximate surface area is 78.6 Å². The van der Waals surface area contributed by atoms with Crippen LogP contribution in [0.15, 0.2) is 0 Å². The minimum absolute atomic E-state index is 0.111. The summed E-state index contributed by atoms with van der Waals surface area (Å²) >= 11 is 0. The van der Waals surface area contributed by atoms with Crippen LogP contribution in [0.4, 0.5) is 8.78 Å². The Morgan fingerprint density at radius 3 is 2.23 bits per heavy atom. The SMILES string of the molecule is C[Si](C)(C)OCC1CC12CC2(F)F. The first-order valence-corrected chi connectivity index (χ1v) is 8.19. The molecule has 0 heterocycles. The first kappa shape index (κ1) is 9.59. The maximum atomic E-state index is 12.8. The van der Waals surface area contributed by atoms with Gasteiger partial charge in [0, 0.05) is 18.4 Å². The molecule has 76 valence electrons. The molecule has 2 unspecified atom stereocenters. The van der Waals surface area contributed by atoms with E-state index in [4.69, 9.17) is 4.43 Å². The lowest BCUT2D eigenvalue weighted by atomic mass is 10.3. The van der Waals surface area contributed by atoms with Crippen LogP contribution in [0.25, 0.3) is 0 Å². The van der Waals surface area contributed by atoms with Crippen molar-refractivity contribution < 1.29 is 13.2 Å². The summed E-state index contributed by atoms with van der Waals surface area (Å²) in [5.74, 6) is -2.21. The van der Waals surface area contributed by atoms with Crippen LogP contribution in [0.5, 0.6) is 0 Å². The molecule has 0 aromatic carbocycles. The highest BCUT2D eigenvalue weighted by molar-refractivity contribution is 6.69. The maximum Gasteiger partial charge on any atom is 0.255 e. The molecule has 1 spiro atoms. The standard InChI is InChI=1S/C9H16F2OSi/c1-13(2,3)12-5-7-4-8(7)6-9(8,10)11/h7H,4-6H2,1-3H3. The lowest BCUT2D eigenvalue weighted by molar-refractivity contribution is 0.0860. The van der Waals surface area contributed by atoms with Crippen molar-refractivity contribution in [2.24, 2.45) is 11.3 Å². The molecule has 0 amide bonds. The molecule has 2 aliphatic carbocycles. The molecule has 0 aliphatic heterocycles. The van der Waals surface area contributed by atoms with Gasteiger partial charge >= 0.3 is 0 Å². The molecule has 0 saturated heterocycles. The van der Waals surface area contributed by atoms with E-state index in [2.05, 4.69) is 19.6 Å². The van der Waals surface area contributed by atoms with Gasteiger partial charge in [-0.3, -0.25) is 0 Å². The zero-order valence-corrected chi connectivity index (χ0v) is 9.36. The molecule has 0 radical (unpaired) electrons. The average molecular weight is 206 g/mol. The second-order valence-electron chi connectivity index (χ2n) is 5.36. The first-order valence-electron chi connectivity index (χ1n) is 4.79. The van der Waals surface area contributed by atoms with Gasteiger partial charge in [-0.05, 0) is 32.0 Å². The fourth-order valence-electron chi connectivity index (χ4n) is 1.97. The monoisotopic (exact) mass is 206 g/mol. The van der Waals surface area contributed by atoms with Crippen LogP contribution in [0, 0.1) is 11.3 Å². The fourth-order valence-corrected chi connectivity index (χ4v) is 2.67. The number of hydrogen-bond donors (Lipinski definition) is 0. The van der Waals surface area contributed by atoms with E-state index in [9.17, 15) is 8.78 Å². The second kappa shape index (κ2) is 2.34. The quantitative estimate of drug-likeness (QED) is 0.645. The summed E-state index contributed by atoms with van der Waals surface area (Å²) in [4.78, 5) is 0. The number of alkyl halides is 2. The van der Waals surface area contributed by atoms with Gasteiger partial charge in [0.25, 0.3) is 5.92 Å². The van der Waals surface area contributed by atoms with Gasteiger partial charge in [-0.1, -0.05) is 0 Å². The van der Waals surface area contributed by atoms with E-state index in [1.165, 1.54) is 0 Å². The lowest BCUT2D eigenvalue weighted by Crippen LogP contribution is -2.26. The summed E-state index contributed by atoms with van der Waals surface area (Å²) < 4.78 is 31.2. The smallest absolute Gasteiger partial charge is 0.255 e. The Kier molecular flexibility index (Phi) is 1.72. The van der Waals surface area contributed by atoms with Gasteiger partial charge in [0.2, 0.25) is 0 Å². The summed E-state index contributed by atoms with van der Waals surface area (Å²) in [7, 11) is -1.51. The molecule has 2 atom stereocenters. The Balaban J connectivity index is 1.77. The Morgan fingerprint density at radius 2 is 1.92 bits per heavy atom. The van der Waals surface area contributed by atoms with Gasteiger partial charge in [0.1, 0.15) is 0 Å². The summed E-state index contributed by atoms with van der Waals surface area (Å²) in [6.07, 6.45) is 0.796. The van der Waals surface area contributed by atoms with Gasteiger partial charge < -0.3 is 4.43 Å². The van der Waals surface area contributed by atoms with Crippen molar-refractivity contribution in [3.63, 3.8) is 0 Å². The van der Waals surface area contributed by atoms with Crippen LogP contribution in [0.2, 0.25) is 19.6 Å². The zero-order chi connectivity index (χ0) is 9.91. The van der Waals surface area contributed by atoms with Crippen LogP contribution in [0.3, 0.4) is 0 Å². The van der Waals surface area contributed by atoms with Crippen molar-refractivity contribution in [3.05, 3.63) is 0 Å². The molecule has 0 bridgehead atoms. The second-order valence-corrected chi connectivity index (χ2v) is 9.88. The van der Waals surface area contributed by atoms with Gasteiger partial charge in [0.15, 0.2) is 8.32 Å². The normalized spacial score (nSPS) is 40.8. The van der Waals surface area contributed by atoms with E-state index in [-0.39, 0.29) is 12.3 Å². The van der Waals surface area contributed by atoms with Crippen molar-refractivity contribution in [1.82, 2.24) is 0 Å². The number of hydrogen-bond acceptors (Lipinski definition) is 1. The molecule has 0 aromatic heterocycles. The van der Waals surface area contributed by atoms with E-state index in [0.717, 1.165) is 0 Å². The summed E-state index contributed by atoms with van der Waals surface area (Å²) in [6, 6.07) is 0. The predicted octanol–water partition coefficient (Wildman–Crippen LogP) is 2.88. The van der Waals surface area contributed by atoms with Crippen molar-refractivity contribution in [2.75, 3.05) is 6.61 Å². The molecule has 1 nitrogen and oxygen atoms in total. The highest BCUT2D eigenvalue weighted by atomic mass is 28.4. The third-order valence-corrected chi connectivity index (χ3v) is 4.12. The first-order chi connectivity index (χ1) is 5.77. The molecule has 2 rings (SSSR count). The van der Waals surface area contributed by atoms with Gasteiger partial charge in [0.05, 0.1) is 0 Å². The average Bonchev–Trinajstić information content (AvgIpc) is 2.69. The molecule has 2 saturated carbocycles. The molecule has 0 aromatic rings. The van der Waals surface area contributed by atoms with Gasteiger partial charge in [-0.15, -0.1) is 0 Å². The van der Waals surface area contributed by atoms with E-state index >= 15 is 0 Å². The molecule has 2 fully saturated rings. The van der Waals surface area contributed by atoms with Crippen LogP contribution >= 0.6 is 0 Å². The Morgan fingerprint density at radius 1 is 1.38 bits per heavy atom. The van der Waals surface area contributed by atoms with Crippen LogP contribution in [-0.2, 0) is 4.43 Å². The van der Waals surface area contributed by atoms with Crippen molar-refractivity contribution in [2.45, 2.75) is 38.4 Å². The fraction of sp³-hybridized carbons (Fsp3) is 1.00. The maximum absolute atomic E-state index is 12.8. The molecular formula is C9H16F2OSi. The molecule has 2 aliphatic rings. The van der Waals surface area contributed by atoms with E-state index in [1.54, 1.807) is 0 Å². The molecule has 0 N–H and O–H groups in total. The Hall–Kier alpha value is 0.0369. The molecule has 4 heteroatoms.